The summed E-state index contributed by atoms with van der Waals surface area (Å²) < 4.78 is 11.5. The van der Waals surface area contributed by atoms with Crippen LogP contribution in [-0.4, -0.2) is 17.3 Å². The van der Waals surface area contributed by atoms with Crippen molar-refractivity contribution in [1.29, 1.82) is 0 Å². The summed E-state index contributed by atoms with van der Waals surface area (Å²) in [5.74, 6) is 1.12. The van der Waals surface area contributed by atoms with Crippen LogP contribution >= 0.6 is 0 Å². The molecule has 1 N–H and O–H groups in total. The molecule has 2 unspecified atom stereocenters. The highest BCUT2D eigenvalue weighted by atomic mass is 16.6. The molecule has 2 aliphatic heterocycles. The Morgan fingerprint density at radius 2 is 2.36 bits per heavy atom. The first-order valence-corrected chi connectivity index (χ1v) is 4.80. The molecule has 2 heterocycles. The number of benzene rings is 1. The Morgan fingerprint density at radius 1 is 1.50 bits per heavy atom. The number of fused-ring (bicyclic) bond motifs is 4. The van der Waals surface area contributed by atoms with Gasteiger partial charge in [0.25, 0.3) is 0 Å². The number of hydrogen-bond donors (Lipinski definition) is 1. The van der Waals surface area contributed by atoms with Crippen LogP contribution in [0.2, 0.25) is 0 Å². The van der Waals surface area contributed by atoms with Crippen molar-refractivity contribution in [2.75, 3.05) is 6.61 Å². The van der Waals surface area contributed by atoms with Gasteiger partial charge < -0.3 is 14.6 Å². The Labute approximate surface area is 82.3 Å². The SMILES string of the molecule is CC12COC(C1)c1cc(O)ccc1O2. The lowest BCUT2D eigenvalue weighted by molar-refractivity contribution is 0.0695. The lowest BCUT2D eigenvalue weighted by Gasteiger charge is -2.30. The maximum atomic E-state index is 9.37. The average molecular weight is 192 g/mol. The molecule has 1 saturated heterocycles. The van der Waals surface area contributed by atoms with Gasteiger partial charge in [0.2, 0.25) is 0 Å². The first kappa shape index (κ1) is 8.12. The highest BCUT2D eigenvalue weighted by Crippen LogP contribution is 2.47. The predicted molar refractivity (Wildman–Crippen MR) is 50.4 cm³/mol. The van der Waals surface area contributed by atoms with Crippen LogP contribution in [0.4, 0.5) is 0 Å². The van der Waals surface area contributed by atoms with E-state index in [1.54, 1.807) is 12.1 Å². The van der Waals surface area contributed by atoms with E-state index in [1.165, 1.54) is 0 Å². The van der Waals surface area contributed by atoms with E-state index in [2.05, 4.69) is 6.92 Å². The zero-order chi connectivity index (χ0) is 9.76. The summed E-state index contributed by atoms with van der Waals surface area (Å²) >= 11 is 0. The number of rotatable bonds is 0. The molecule has 2 atom stereocenters. The lowest BCUT2D eigenvalue weighted by atomic mass is 9.94. The van der Waals surface area contributed by atoms with Gasteiger partial charge in [-0.2, -0.15) is 0 Å². The van der Waals surface area contributed by atoms with Crippen molar-refractivity contribution in [2.45, 2.75) is 25.0 Å². The van der Waals surface area contributed by atoms with Crippen LogP contribution in [0, 0.1) is 0 Å². The molecule has 0 amide bonds. The molecule has 2 aliphatic rings. The van der Waals surface area contributed by atoms with Crippen LogP contribution in [-0.2, 0) is 4.74 Å². The number of ether oxygens (including phenoxy) is 2. The van der Waals surface area contributed by atoms with Gasteiger partial charge in [-0.25, -0.2) is 0 Å². The second-order valence-electron chi connectivity index (χ2n) is 4.28. The van der Waals surface area contributed by atoms with Crippen molar-refractivity contribution in [2.24, 2.45) is 0 Å². The van der Waals surface area contributed by atoms with E-state index in [9.17, 15) is 5.11 Å². The number of phenolic OH excluding ortho intramolecular Hbond substituents is 1. The van der Waals surface area contributed by atoms with Crippen molar-refractivity contribution in [3.8, 4) is 11.5 Å². The summed E-state index contributed by atoms with van der Waals surface area (Å²) in [5.41, 5.74) is 0.800. The van der Waals surface area contributed by atoms with Crippen LogP contribution in [0.1, 0.15) is 25.0 Å². The van der Waals surface area contributed by atoms with E-state index in [0.29, 0.717) is 6.61 Å². The first-order valence-electron chi connectivity index (χ1n) is 4.80. The first-order chi connectivity index (χ1) is 6.66. The Kier molecular flexibility index (Phi) is 1.40. The highest BCUT2D eigenvalue weighted by molar-refractivity contribution is 5.43. The Hall–Kier alpha value is -1.22. The lowest BCUT2D eigenvalue weighted by Crippen LogP contribution is -2.34. The van der Waals surface area contributed by atoms with E-state index in [0.717, 1.165) is 17.7 Å². The maximum Gasteiger partial charge on any atom is 0.132 e. The third-order valence-corrected chi connectivity index (χ3v) is 2.90. The molecule has 0 aliphatic carbocycles. The molecule has 3 nitrogen and oxygen atoms in total. The molecule has 1 aromatic rings. The fourth-order valence-electron chi connectivity index (χ4n) is 2.20. The number of hydrogen-bond acceptors (Lipinski definition) is 3. The summed E-state index contributed by atoms with van der Waals surface area (Å²) in [7, 11) is 0. The number of phenols is 1. The fraction of sp³-hybridized carbons (Fsp3) is 0.455. The second kappa shape index (κ2) is 2.42. The van der Waals surface area contributed by atoms with Crippen molar-refractivity contribution < 1.29 is 14.6 Å². The van der Waals surface area contributed by atoms with Gasteiger partial charge in [-0.3, -0.25) is 0 Å². The molecule has 0 radical (unpaired) electrons. The molecule has 3 heteroatoms. The molecule has 14 heavy (non-hydrogen) atoms. The maximum absolute atomic E-state index is 9.37. The molecular weight excluding hydrogens is 180 g/mol. The zero-order valence-electron chi connectivity index (χ0n) is 7.99. The van der Waals surface area contributed by atoms with Gasteiger partial charge in [0.15, 0.2) is 0 Å². The second-order valence-corrected chi connectivity index (χ2v) is 4.28. The summed E-state index contributed by atoms with van der Waals surface area (Å²) in [4.78, 5) is 0. The quantitative estimate of drug-likeness (QED) is 0.683. The van der Waals surface area contributed by atoms with Crippen LogP contribution in [0.25, 0.3) is 0 Å². The van der Waals surface area contributed by atoms with E-state index in [1.807, 2.05) is 6.07 Å². The van der Waals surface area contributed by atoms with Crippen LogP contribution < -0.4 is 4.74 Å². The molecule has 0 aromatic heterocycles. The zero-order valence-corrected chi connectivity index (χ0v) is 7.99. The Bertz CT molecular complexity index is 388. The van der Waals surface area contributed by atoms with E-state index < -0.39 is 0 Å². The molecule has 3 rings (SSSR count). The van der Waals surface area contributed by atoms with E-state index in [4.69, 9.17) is 9.47 Å². The fourth-order valence-corrected chi connectivity index (χ4v) is 2.20. The third kappa shape index (κ3) is 1.02. The average Bonchev–Trinajstić information content (AvgIpc) is 2.46. The standard InChI is InChI=1S/C11H12O3/c1-11-5-10(13-6-11)8-4-7(12)2-3-9(8)14-11/h2-4,10,12H,5-6H2,1H3. The molecule has 2 bridgehead atoms. The monoisotopic (exact) mass is 192 g/mol. The van der Waals surface area contributed by atoms with Crippen molar-refractivity contribution in [3.05, 3.63) is 23.8 Å². The van der Waals surface area contributed by atoms with Crippen molar-refractivity contribution >= 4 is 0 Å². The van der Waals surface area contributed by atoms with Crippen LogP contribution in [0.3, 0.4) is 0 Å². The molecule has 74 valence electrons. The topological polar surface area (TPSA) is 38.7 Å². The predicted octanol–water partition coefficient (Wildman–Crippen LogP) is 2.00. The summed E-state index contributed by atoms with van der Waals surface area (Å²) in [6.07, 6.45) is 0.972. The van der Waals surface area contributed by atoms with Crippen molar-refractivity contribution in [3.63, 3.8) is 0 Å². The minimum Gasteiger partial charge on any atom is -0.508 e. The molecule has 1 aromatic carbocycles. The van der Waals surface area contributed by atoms with Gasteiger partial charge in [-0.1, -0.05) is 0 Å². The van der Waals surface area contributed by atoms with Crippen LogP contribution in [0.15, 0.2) is 18.2 Å². The molecule has 1 fully saturated rings. The summed E-state index contributed by atoms with van der Waals surface area (Å²) in [5, 5.41) is 9.37. The van der Waals surface area contributed by atoms with Gasteiger partial charge in [-0.05, 0) is 25.1 Å². The normalized spacial score (nSPS) is 33.6. The van der Waals surface area contributed by atoms with Crippen molar-refractivity contribution in [1.82, 2.24) is 0 Å². The molecule has 0 spiro atoms. The third-order valence-electron chi connectivity index (χ3n) is 2.90. The van der Waals surface area contributed by atoms with Gasteiger partial charge in [0, 0.05) is 12.0 Å². The molecule has 0 saturated carbocycles. The smallest absolute Gasteiger partial charge is 0.132 e. The largest absolute Gasteiger partial charge is 0.508 e. The Morgan fingerprint density at radius 3 is 3.21 bits per heavy atom. The molecular formula is C11H12O3. The Balaban J connectivity index is 2.12. The van der Waals surface area contributed by atoms with Gasteiger partial charge >= 0.3 is 0 Å². The van der Waals surface area contributed by atoms with E-state index >= 15 is 0 Å². The van der Waals surface area contributed by atoms with E-state index in [-0.39, 0.29) is 17.5 Å². The summed E-state index contributed by atoms with van der Waals surface area (Å²) in [6, 6.07) is 5.18. The van der Waals surface area contributed by atoms with Gasteiger partial charge in [0.1, 0.15) is 17.1 Å². The van der Waals surface area contributed by atoms with Gasteiger partial charge in [-0.15, -0.1) is 0 Å². The minimum absolute atomic E-state index is 0.0934. The van der Waals surface area contributed by atoms with Crippen LogP contribution in [0.5, 0.6) is 11.5 Å². The van der Waals surface area contributed by atoms with Gasteiger partial charge in [0.05, 0.1) is 12.7 Å². The minimum atomic E-state index is -0.172. The summed E-state index contributed by atoms with van der Waals surface area (Å²) in [6.45, 7) is 2.69. The highest BCUT2D eigenvalue weighted by Gasteiger charge is 2.44. The number of aromatic hydroxyl groups is 1.